The first-order chi connectivity index (χ1) is 13.2. The minimum atomic E-state index is -4.41. The Morgan fingerprint density at radius 3 is 2.57 bits per heavy atom. The van der Waals surface area contributed by atoms with Crippen LogP contribution in [0.3, 0.4) is 0 Å². The molecule has 0 saturated heterocycles. The maximum atomic E-state index is 12.7. The number of carbonyl (C=O) groups excluding carboxylic acids is 1. The number of hydrogen-bond acceptors (Lipinski definition) is 5. The fourth-order valence-electron chi connectivity index (χ4n) is 2.40. The van der Waals surface area contributed by atoms with Gasteiger partial charge in [-0.3, -0.25) is 4.79 Å². The molecule has 1 aromatic heterocycles. The highest BCUT2D eigenvalue weighted by Gasteiger charge is 2.30. The number of halogens is 4. The number of rotatable bonds is 8. The third kappa shape index (κ3) is 6.56. The number of hydrogen-bond donors (Lipinski definition) is 1. The second-order valence-corrected chi connectivity index (χ2v) is 7.10. The average molecular weight is 433 g/mol. The molecule has 2 rings (SSSR count). The van der Waals surface area contributed by atoms with Crippen LogP contribution in [0.5, 0.6) is 0 Å². The Hall–Kier alpha value is -2.00. The lowest BCUT2D eigenvalue weighted by Gasteiger charge is -2.20. The van der Waals surface area contributed by atoms with Crippen LogP contribution in [-0.2, 0) is 17.5 Å². The van der Waals surface area contributed by atoms with Crippen molar-refractivity contribution in [2.75, 3.05) is 23.7 Å². The van der Waals surface area contributed by atoms with E-state index in [0.29, 0.717) is 16.5 Å². The summed E-state index contributed by atoms with van der Waals surface area (Å²) >= 11 is 7.15. The third-order valence-electron chi connectivity index (χ3n) is 3.82. The second kappa shape index (κ2) is 9.97. The van der Waals surface area contributed by atoms with Gasteiger partial charge < -0.3 is 10.2 Å². The fourth-order valence-corrected chi connectivity index (χ4v) is 3.31. The quantitative estimate of drug-likeness (QED) is 0.380. The van der Waals surface area contributed by atoms with E-state index >= 15 is 0 Å². The lowest BCUT2D eigenvalue weighted by Crippen LogP contribution is -2.25. The van der Waals surface area contributed by atoms with Crippen LogP contribution in [0.2, 0.25) is 5.15 Å². The van der Waals surface area contributed by atoms with Crippen molar-refractivity contribution in [3.63, 3.8) is 0 Å². The van der Waals surface area contributed by atoms with Crippen LogP contribution in [0.1, 0.15) is 25.0 Å². The Balaban J connectivity index is 1.93. The van der Waals surface area contributed by atoms with E-state index in [4.69, 9.17) is 11.6 Å². The summed E-state index contributed by atoms with van der Waals surface area (Å²) in [5, 5.41) is 3.24. The molecule has 152 valence electrons. The number of alkyl halides is 3. The maximum absolute atomic E-state index is 12.7. The number of amides is 1. The van der Waals surface area contributed by atoms with E-state index in [1.165, 1.54) is 12.1 Å². The normalized spacial score (nSPS) is 11.4. The summed E-state index contributed by atoms with van der Waals surface area (Å²) in [5.41, 5.74) is -0.374. The molecule has 0 radical (unpaired) electrons. The standard InChI is InChI=1S/C18H20ClF3N4OS/c1-3-26(4-2)15-9-14(19)24-17(25-15)28-11-16(27)23-10-12-6-5-7-13(8-12)18(20,21)22/h5-9H,3-4,10-11H2,1-2H3,(H,23,27). The zero-order chi connectivity index (χ0) is 20.7. The molecular formula is C18H20ClF3N4OS. The van der Waals surface area contributed by atoms with Gasteiger partial charge in [0.1, 0.15) is 11.0 Å². The van der Waals surface area contributed by atoms with Crippen LogP contribution < -0.4 is 10.2 Å². The van der Waals surface area contributed by atoms with Crippen molar-refractivity contribution in [3.05, 3.63) is 46.6 Å². The van der Waals surface area contributed by atoms with E-state index < -0.39 is 11.7 Å². The fraction of sp³-hybridized carbons (Fsp3) is 0.389. The van der Waals surface area contributed by atoms with E-state index in [2.05, 4.69) is 15.3 Å². The molecule has 2 aromatic rings. The molecule has 0 fully saturated rings. The van der Waals surface area contributed by atoms with Gasteiger partial charge in [-0.05, 0) is 31.5 Å². The predicted octanol–water partition coefficient (Wildman–Crippen LogP) is 4.40. The van der Waals surface area contributed by atoms with E-state index in [0.717, 1.165) is 37.0 Å². The van der Waals surface area contributed by atoms with Crippen molar-refractivity contribution in [1.29, 1.82) is 0 Å². The number of aromatic nitrogens is 2. The minimum absolute atomic E-state index is 0.00438. The Kier molecular flexibility index (Phi) is 7.94. The molecule has 0 bridgehead atoms. The van der Waals surface area contributed by atoms with Crippen molar-refractivity contribution in [2.24, 2.45) is 0 Å². The number of nitrogens with zero attached hydrogens (tertiary/aromatic N) is 3. The molecule has 0 spiro atoms. The first kappa shape index (κ1) is 22.3. The molecule has 0 aliphatic heterocycles. The van der Waals surface area contributed by atoms with Gasteiger partial charge >= 0.3 is 6.18 Å². The Labute approximate surface area is 170 Å². The van der Waals surface area contributed by atoms with Crippen LogP contribution >= 0.6 is 23.4 Å². The maximum Gasteiger partial charge on any atom is 0.416 e. The zero-order valence-corrected chi connectivity index (χ0v) is 17.0. The number of nitrogens with one attached hydrogen (secondary N) is 1. The molecule has 1 N–H and O–H groups in total. The number of carbonyl (C=O) groups is 1. The van der Waals surface area contributed by atoms with Gasteiger partial charge in [0.05, 0.1) is 11.3 Å². The first-order valence-electron chi connectivity index (χ1n) is 8.58. The summed E-state index contributed by atoms with van der Waals surface area (Å²) in [4.78, 5) is 22.5. The molecule has 0 aliphatic carbocycles. The molecule has 1 amide bonds. The van der Waals surface area contributed by atoms with Gasteiger partial charge in [-0.1, -0.05) is 35.5 Å². The topological polar surface area (TPSA) is 58.1 Å². The molecular weight excluding hydrogens is 413 g/mol. The van der Waals surface area contributed by atoms with Crippen molar-refractivity contribution >= 4 is 35.1 Å². The van der Waals surface area contributed by atoms with Gasteiger partial charge in [-0.2, -0.15) is 13.2 Å². The number of anilines is 1. The number of thioether (sulfide) groups is 1. The summed E-state index contributed by atoms with van der Waals surface area (Å²) < 4.78 is 38.2. The average Bonchev–Trinajstić information content (AvgIpc) is 2.65. The predicted molar refractivity (Wildman–Crippen MR) is 105 cm³/mol. The van der Waals surface area contributed by atoms with E-state index in [-0.39, 0.29) is 23.4 Å². The molecule has 0 saturated carbocycles. The Bertz CT molecular complexity index is 816. The van der Waals surface area contributed by atoms with Gasteiger partial charge in [0, 0.05) is 25.7 Å². The van der Waals surface area contributed by atoms with Gasteiger partial charge in [0.25, 0.3) is 0 Å². The minimum Gasteiger partial charge on any atom is -0.357 e. The molecule has 0 unspecified atom stereocenters. The Morgan fingerprint density at radius 1 is 1.21 bits per heavy atom. The summed E-state index contributed by atoms with van der Waals surface area (Å²) in [6, 6.07) is 6.51. The second-order valence-electron chi connectivity index (χ2n) is 5.77. The summed E-state index contributed by atoms with van der Waals surface area (Å²) in [5.74, 6) is 0.365. The smallest absolute Gasteiger partial charge is 0.357 e. The molecule has 0 aliphatic rings. The molecule has 5 nitrogen and oxygen atoms in total. The number of benzene rings is 1. The van der Waals surface area contributed by atoms with Gasteiger partial charge in [-0.15, -0.1) is 0 Å². The lowest BCUT2D eigenvalue weighted by atomic mass is 10.1. The van der Waals surface area contributed by atoms with Crippen molar-refractivity contribution < 1.29 is 18.0 Å². The van der Waals surface area contributed by atoms with E-state index in [9.17, 15) is 18.0 Å². The van der Waals surface area contributed by atoms with Crippen LogP contribution in [0.25, 0.3) is 0 Å². The third-order valence-corrected chi connectivity index (χ3v) is 4.87. The lowest BCUT2D eigenvalue weighted by molar-refractivity contribution is -0.137. The first-order valence-corrected chi connectivity index (χ1v) is 9.94. The monoisotopic (exact) mass is 432 g/mol. The highest BCUT2D eigenvalue weighted by atomic mass is 35.5. The van der Waals surface area contributed by atoms with Crippen LogP contribution in [0.15, 0.2) is 35.5 Å². The van der Waals surface area contributed by atoms with E-state index in [1.807, 2.05) is 18.7 Å². The van der Waals surface area contributed by atoms with Crippen LogP contribution in [0, 0.1) is 0 Å². The SMILES string of the molecule is CCN(CC)c1cc(Cl)nc(SCC(=O)NCc2cccc(C(F)(F)F)c2)n1. The van der Waals surface area contributed by atoms with Crippen molar-refractivity contribution in [2.45, 2.75) is 31.7 Å². The molecule has 10 heteroatoms. The molecule has 28 heavy (non-hydrogen) atoms. The Morgan fingerprint density at radius 2 is 1.93 bits per heavy atom. The van der Waals surface area contributed by atoms with Crippen LogP contribution in [0.4, 0.5) is 19.0 Å². The summed E-state index contributed by atoms with van der Waals surface area (Å²) in [6.07, 6.45) is -4.41. The van der Waals surface area contributed by atoms with Crippen LogP contribution in [-0.4, -0.2) is 34.7 Å². The van der Waals surface area contributed by atoms with Gasteiger partial charge in [0.15, 0.2) is 5.16 Å². The molecule has 1 aromatic carbocycles. The van der Waals surface area contributed by atoms with Crippen molar-refractivity contribution in [3.8, 4) is 0 Å². The summed E-state index contributed by atoms with van der Waals surface area (Å²) in [7, 11) is 0. The highest BCUT2D eigenvalue weighted by Crippen LogP contribution is 2.29. The van der Waals surface area contributed by atoms with Gasteiger partial charge in [-0.25, -0.2) is 9.97 Å². The highest BCUT2D eigenvalue weighted by molar-refractivity contribution is 7.99. The summed E-state index contributed by atoms with van der Waals surface area (Å²) in [6.45, 7) is 5.50. The van der Waals surface area contributed by atoms with Gasteiger partial charge in [0.2, 0.25) is 5.91 Å². The van der Waals surface area contributed by atoms with E-state index in [1.54, 1.807) is 6.07 Å². The molecule has 1 heterocycles. The molecule has 0 atom stereocenters. The van der Waals surface area contributed by atoms with Crippen molar-refractivity contribution in [1.82, 2.24) is 15.3 Å². The zero-order valence-electron chi connectivity index (χ0n) is 15.4. The largest absolute Gasteiger partial charge is 0.416 e.